The molecule has 0 aliphatic heterocycles. The molecule has 0 radical (unpaired) electrons. The molecule has 0 spiro atoms. The molecule has 0 saturated carbocycles. The maximum absolute atomic E-state index is 5.83. The van der Waals surface area contributed by atoms with Gasteiger partial charge in [-0.05, 0) is 30.9 Å². The number of methoxy groups -OCH3 is 1. The predicted octanol–water partition coefficient (Wildman–Crippen LogP) is 2.11. The lowest BCUT2D eigenvalue weighted by atomic mass is 10.2. The molecule has 0 aliphatic rings. The zero-order chi connectivity index (χ0) is 11.3. The summed E-state index contributed by atoms with van der Waals surface area (Å²) in [5, 5.41) is 2.07. The SMILES string of the molecule is COCC(C)OC(CN)c1sccc1C. The highest BCUT2D eigenvalue weighted by Crippen LogP contribution is 2.26. The van der Waals surface area contributed by atoms with Gasteiger partial charge in [0, 0.05) is 18.5 Å². The molecule has 1 rings (SSSR count). The summed E-state index contributed by atoms with van der Waals surface area (Å²) in [7, 11) is 1.67. The summed E-state index contributed by atoms with van der Waals surface area (Å²) in [5.41, 5.74) is 6.97. The van der Waals surface area contributed by atoms with E-state index in [2.05, 4.69) is 18.4 Å². The molecule has 0 fully saturated rings. The van der Waals surface area contributed by atoms with Crippen LogP contribution in [0.5, 0.6) is 0 Å². The average molecular weight is 229 g/mol. The van der Waals surface area contributed by atoms with Gasteiger partial charge in [0.2, 0.25) is 0 Å². The number of ether oxygens (including phenoxy) is 2. The highest BCUT2D eigenvalue weighted by atomic mass is 32.1. The molecule has 2 unspecified atom stereocenters. The molecule has 15 heavy (non-hydrogen) atoms. The van der Waals surface area contributed by atoms with Crippen molar-refractivity contribution in [2.45, 2.75) is 26.1 Å². The molecule has 0 bridgehead atoms. The normalized spacial score (nSPS) is 15.2. The van der Waals surface area contributed by atoms with Crippen molar-refractivity contribution in [1.29, 1.82) is 0 Å². The molecule has 1 aromatic heterocycles. The molecule has 4 heteroatoms. The van der Waals surface area contributed by atoms with Crippen LogP contribution in [0.25, 0.3) is 0 Å². The molecule has 0 aliphatic carbocycles. The molecule has 0 amide bonds. The minimum atomic E-state index is -0.00449. The Hall–Kier alpha value is -0.420. The van der Waals surface area contributed by atoms with Crippen LogP contribution in [0.4, 0.5) is 0 Å². The lowest BCUT2D eigenvalue weighted by Gasteiger charge is -2.20. The lowest BCUT2D eigenvalue weighted by Crippen LogP contribution is -2.23. The van der Waals surface area contributed by atoms with Gasteiger partial charge < -0.3 is 15.2 Å². The zero-order valence-electron chi connectivity index (χ0n) is 9.53. The van der Waals surface area contributed by atoms with Gasteiger partial charge >= 0.3 is 0 Å². The Kier molecular flexibility index (Phi) is 5.25. The second kappa shape index (κ2) is 6.23. The van der Waals surface area contributed by atoms with E-state index in [1.54, 1.807) is 18.4 Å². The number of aryl methyl sites for hydroxylation is 1. The Balaban J connectivity index is 2.60. The van der Waals surface area contributed by atoms with Crippen molar-refractivity contribution < 1.29 is 9.47 Å². The van der Waals surface area contributed by atoms with Crippen LogP contribution in [0.2, 0.25) is 0 Å². The average Bonchev–Trinajstić information content (AvgIpc) is 2.61. The van der Waals surface area contributed by atoms with Crippen LogP contribution in [-0.4, -0.2) is 26.4 Å². The van der Waals surface area contributed by atoms with Crippen molar-refractivity contribution in [3.8, 4) is 0 Å². The third-order valence-electron chi connectivity index (χ3n) is 2.21. The van der Waals surface area contributed by atoms with Crippen LogP contribution in [0.1, 0.15) is 23.5 Å². The first-order chi connectivity index (χ1) is 7.19. The number of thiophene rings is 1. The third-order valence-corrected chi connectivity index (χ3v) is 3.32. The molecule has 0 aromatic carbocycles. The van der Waals surface area contributed by atoms with Crippen molar-refractivity contribution in [2.75, 3.05) is 20.3 Å². The molecular formula is C11H19NO2S. The second-order valence-electron chi connectivity index (χ2n) is 3.59. The Morgan fingerprint density at radius 2 is 2.27 bits per heavy atom. The van der Waals surface area contributed by atoms with E-state index in [1.807, 2.05) is 6.92 Å². The van der Waals surface area contributed by atoms with Crippen LogP contribution in [-0.2, 0) is 9.47 Å². The first-order valence-corrected chi connectivity index (χ1v) is 5.95. The molecule has 1 aromatic rings. The fourth-order valence-corrected chi connectivity index (χ4v) is 2.47. The smallest absolute Gasteiger partial charge is 0.105 e. The standard InChI is InChI=1S/C11H19NO2S/c1-8-4-5-15-11(8)10(6-12)14-9(2)7-13-3/h4-5,9-10H,6-7,12H2,1-3H3. The van der Waals surface area contributed by atoms with Gasteiger partial charge in [-0.15, -0.1) is 11.3 Å². The number of nitrogens with two attached hydrogens (primary N) is 1. The number of hydrogen-bond acceptors (Lipinski definition) is 4. The molecule has 86 valence electrons. The van der Waals surface area contributed by atoms with Crippen molar-refractivity contribution in [3.05, 3.63) is 21.9 Å². The summed E-state index contributed by atoms with van der Waals surface area (Å²) < 4.78 is 10.9. The van der Waals surface area contributed by atoms with E-state index in [9.17, 15) is 0 Å². The summed E-state index contributed by atoms with van der Waals surface area (Å²) >= 11 is 1.70. The van der Waals surface area contributed by atoms with Crippen molar-refractivity contribution >= 4 is 11.3 Å². The van der Waals surface area contributed by atoms with Gasteiger partial charge in [-0.2, -0.15) is 0 Å². The third kappa shape index (κ3) is 3.57. The quantitative estimate of drug-likeness (QED) is 0.812. The fraction of sp³-hybridized carbons (Fsp3) is 0.636. The minimum absolute atomic E-state index is 0.00449. The number of hydrogen-bond donors (Lipinski definition) is 1. The first kappa shape index (κ1) is 12.6. The van der Waals surface area contributed by atoms with Crippen molar-refractivity contribution in [1.82, 2.24) is 0 Å². The van der Waals surface area contributed by atoms with Gasteiger partial charge in [0.25, 0.3) is 0 Å². The van der Waals surface area contributed by atoms with E-state index in [0.717, 1.165) is 0 Å². The second-order valence-corrected chi connectivity index (χ2v) is 4.54. The molecule has 0 saturated heterocycles. The van der Waals surface area contributed by atoms with Gasteiger partial charge in [0.1, 0.15) is 6.10 Å². The molecule has 2 atom stereocenters. The summed E-state index contributed by atoms with van der Waals surface area (Å²) in [6, 6.07) is 2.09. The topological polar surface area (TPSA) is 44.5 Å². The predicted molar refractivity (Wildman–Crippen MR) is 63.3 cm³/mol. The van der Waals surface area contributed by atoms with Crippen LogP contribution in [0, 0.1) is 6.92 Å². The van der Waals surface area contributed by atoms with Crippen LogP contribution >= 0.6 is 11.3 Å². The minimum Gasteiger partial charge on any atom is -0.382 e. The van der Waals surface area contributed by atoms with Gasteiger partial charge in [-0.3, -0.25) is 0 Å². The van der Waals surface area contributed by atoms with E-state index in [1.165, 1.54) is 10.4 Å². The largest absolute Gasteiger partial charge is 0.382 e. The van der Waals surface area contributed by atoms with Gasteiger partial charge in [0.05, 0.1) is 12.7 Å². The van der Waals surface area contributed by atoms with Crippen LogP contribution < -0.4 is 5.73 Å². The van der Waals surface area contributed by atoms with Gasteiger partial charge in [0.15, 0.2) is 0 Å². The van der Waals surface area contributed by atoms with E-state index in [4.69, 9.17) is 15.2 Å². The Morgan fingerprint density at radius 3 is 2.73 bits per heavy atom. The fourth-order valence-electron chi connectivity index (χ4n) is 1.49. The van der Waals surface area contributed by atoms with E-state index in [-0.39, 0.29) is 12.2 Å². The van der Waals surface area contributed by atoms with E-state index >= 15 is 0 Å². The van der Waals surface area contributed by atoms with Crippen molar-refractivity contribution in [2.24, 2.45) is 5.73 Å². The van der Waals surface area contributed by atoms with Gasteiger partial charge in [-0.25, -0.2) is 0 Å². The maximum Gasteiger partial charge on any atom is 0.105 e. The maximum atomic E-state index is 5.83. The lowest BCUT2D eigenvalue weighted by molar-refractivity contribution is -0.0350. The summed E-state index contributed by atoms with van der Waals surface area (Å²) in [6.45, 7) is 5.18. The van der Waals surface area contributed by atoms with Crippen LogP contribution in [0.3, 0.4) is 0 Å². The highest BCUT2D eigenvalue weighted by Gasteiger charge is 2.17. The van der Waals surface area contributed by atoms with Crippen molar-refractivity contribution in [3.63, 3.8) is 0 Å². The summed E-state index contributed by atoms with van der Waals surface area (Å²) in [5.74, 6) is 0. The molecule has 1 heterocycles. The van der Waals surface area contributed by atoms with E-state index in [0.29, 0.717) is 13.2 Å². The summed E-state index contributed by atoms with van der Waals surface area (Å²) in [4.78, 5) is 1.22. The highest BCUT2D eigenvalue weighted by molar-refractivity contribution is 7.10. The molecule has 3 nitrogen and oxygen atoms in total. The molecular weight excluding hydrogens is 210 g/mol. The zero-order valence-corrected chi connectivity index (χ0v) is 10.3. The monoisotopic (exact) mass is 229 g/mol. The Bertz CT molecular complexity index is 288. The van der Waals surface area contributed by atoms with E-state index < -0.39 is 0 Å². The van der Waals surface area contributed by atoms with Crippen LogP contribution in [0.15, 0.2) is 11.4 Å². The molecule has 2 N–H and O–H groups in total. The Morgan fingerprint density at radius 1 is 1.53 bits per heavy atom. The van der Waals surface area contributed by atoms with Gasteiger partial charge in [-0.1, -0.05) is 0 Å². The first-order valence-electron chi connectivity index (χ1n) is 5.07. The number of rotatable bonds is 6. The Labute approximate surface area is 95.2 Å². The summed E-state index contributed by atoms with van der Waals surface area (Å²) in [6.07, 6.45) is 0.0696.